The van der Waals surface area contributed by atoms with Crippen molar-refractivity contribution in [2.24, 2.45) is 0 Å². The Morgan fingerprint density at radius 2 is 1.73 bits per heavy atom. The Bertz CT molecular complexity index is 964. The first kappa shape index (κ1) is 22.1. The third-order valence-corrected chi connectivity index (χ3v) is 6.68. The maximum Gasteiger partial charge on any atom is 0.573 e. The van der Waals surface area contributed by atoms with Crippen LogP contribution in [0.2, 0.25) is 0 Å². The van der Waals surface area contributed by atoms with Crippen LogP contribution < -0.4 is 10.1 Å². The van der Waals surface area contributed by atoms with Gasteiger partial charge >= 0.3 is 6.36 Å². The summed E-state index contributed by atoms with van der Waals surface area (Å²) >= 11 is 0. The van der Waals surface area contributed by atoms with Crippen molar-refractivity contribution in [3.8, 4) is 5.75 Å². The summed E-state index contributed by atoms with van der Waals surface area (Å²) in [6.07, 6.45) is -2.77. The highest BCUT2D eigenvalue weighted by atomic mass is 32.2. The summed E-state index contributed by atoms with van der Waals surface area (Å²) in [5.41, 5.74) is 0.294. The fourth-order valence-corrected chi connectivity index (χ4v) is 5.10. The van der Waals surface area contributed by atoms with Crippen molar-refractivity contribution in [2.75, 3.05) is 11.9 Å². The molecule has 30 heavy (non-hydrogen) atoms. The van der Waals surface area contributed by atoms with Crippen molar-refractivity contribution in [3.63, 3.8) is 0 Å². The molecule has 1 atom stereocenters. The molecule has 1 aliphatic rings. The fourth-order valence-electron chi connectivity index (χ4n) is 3.39. The first-order valence-corrected chi connectivity index (χ1v) is 10.8. The molecule has 1 N–H and O–H groups in total. The van der Waals surface area contributed by atoms with Crippen LogP contribution in [0.3, 0.4) is 0 Å². The standard InChI is InChI=1S/C20H21F3N2O4S/c21-20(22,23)29-17-11-9-15(10-12-17)24-19(26)14-16-6-4-5-13-25(16)30(27,28)18-7-2-1-3-8-18/h1-3,7-12,16H,4-6,13-14H2,(H,24,26)/t16-/m0/s1. The lowest BCUT2D eigenvalue weighted by atomic mass is 10.0. The van der Waals surface area contributed by atoms with Crippen LogP contribution in [0, 0.1) is 0 Å². The molecule has 0 unspecified atom stereocenters. The van der Waals surface area contributed by atoms with Gasteiger partial charge in [0, 0.05) is 24.7 Å². The smallest absolute Gasteiger partial charge is 0.406 e. The van der Waals surface area contributed by atoms with Crippen LogP contribution in [0.15, 0.2) is 59.5 Å². The second-order valence-electron chi connectivity index (χ2n) is 6.90. The number of benzene rings is 2. The highest BCUT2D eigenvalue weighted by molar-refractivity contribution is 7.89. The van der Waals surface area contributed by atoms with Gasteiger partial charge in [0.15, 0.2) is 0 Å². The number of halogens is 3. The van der Waals surface area contributed by atoms with Gasteiger partial charge in [-0.1, -0.05) is 24.6 Å². The number of amides is 1. The molecule has 0 radical (unpaired) electrons. The summed E-state index contributed by atoms with van der Waals surface area (Å²) in [5.74, 6) is -0.812. The van der Waals surface area contributed by atoms with Gasteiger partial charge in [-0.15, -0.1) is 13.2 Å². The summed E-state index contributed by atoms with van der Waals surface area (Å²) in [5, 5.41) is 2.59. The third kappa shape index (κ3) is 5.73. The molecule has 1 amide bonds. The van der Waals surface area contributed by atoms with E-state index in [2.05, 4.69) is 10.1 Å². The van der Waals surface area contributed by atoms with Gasteiger partial charge in [-0.2, -0.15) is 4.31 Å². The highest BCUT2D eigenvalue weighted by Gasteiger charge is 2.34. The van der Waals surface area contributed by atoms with Gasteiger partial charge < -0.3 is 10.1 Å². The normalized spacial score (nSPS) is 18.0. The molecule has 1 heterocycles. The number of piperidine rings is 1. The van der Waals surface area contributed by atoms with Crippen molar-refractivity contribution in [1.29, 1.82) is 0 Å². The predicted molar refractivity (Wildman–Crippen MR) is 104 cm³/mol. The highest BCUT2D eigenvalue weighted by Crippen LogP contribution is 2.28. The number of rotatable bonds is 6. The number of hydrogen-bond donors (Lipinski definition) is 1. The van der Waals surface area contributed by atoms with E-state index in [9.17, 15) is 26.4 Å². The molecule has 2 aromatic carbocycles. The Kier molecular flexibility index (Phi) is 6.67. The largest absolute Gasteiger partial charge is 0.573 e. The van der Waals surface area contributed by atoms with E-state index in [0.717, 1.165) is 18.6 Å². The van der Waals surface area contributed by atoms with E-state index in [0.29, 0.717) is 25.1 Å². The zero-order valence-corrected chi connectivity index (χ0v) is 16.7. The average Bonchev–Trinajstić information content (AvgIpc) is 2.69. The maximum atomic E-state index is 13.0. The number of alkyl halides is 3. The summed E-state index contributed by atoms with van der Waals surface area (Å²) in [6, 6.07) is 12.3. The van der Waals surface area contributed by atoms with Gasteiger partial charge in [0.05, 0.1) is 4.90 Å². The second kappa shape index (κ2) is 9.05. The number of ether oxygens (including phenoxy) is 1. The first-order valence-electron chi connectivity index (χ1n) is 9.38. The number of hydrogen-bond acceptors (Lipinski definition) is 4. The molecule has 1 saturated heterocycles. The second-order valence-corrected chi connectivity index (χ2v) is 8.79. The lowest BCUT2D eigenvalue weighted by Gasteiger charge is -2.34. The number of nitrogens with zero attached hydrogens (tertiary/aromatic N) is 1. The molecule has 10 heteroatoms. The molecule has 3 rings (SSSR count). The minimum Gasteiger partial charge on any atom is -0.406 e. The number of nitrogens with one attached hydrogen (secondary N) is 1. The quantitative estimate of drug-likeness (QED) is 0.729. The van der Waals surface area contributed by atoms with Crippen LogP contribution >= 0.6 is 0 Å². The van der Waals surface area contributed by atoms with Crippen LogP contribution in [0.1, 0.15) is 25.7 Å². The summed E-state index contributed by atoms with van der Waals surface area (Å²) in [6.45, 7) is 0.332. The topological polar surface area (TPSA) is 75.7 Å². The zero-order chi connectivity index (χ0) is 21.8. The molecule has 6 nitrogen and oxygen atoms in total. The third-order valence-electron chi connectivity index (χ3n) is 4.72. The number of sulfonamides is 1. The van der Waals surface area contributed by atoms with Crippen molar-refractivity contribution in [2.45, 2.75) is 43.0 Å². The summed E-state index contributed by atoms with van der Waals surface area (Å²) in [7, 11) is -3.72. The minimum absolute atomic E-state index is 0.0487. The Morgan fingerprint density at radius 3 is 2.37 bits per heavy atom. The molecule has 0 spiro atoms. The minimum atomic E-state index is -4.79. The molecule has 0 aromatic heterocycles. The average molecular weight is 442 g/mol. The van der Waals surface area contributed by atoms with Gasteiger partial charge in [-0.05, 0) is 49.2 Å². The van der Waals surface area contributed by atoms with E-state index in [1.807, 2.05) is 0 Å². The Balaban J connectivity index is 1.66. The van der Waals surface area contributed by atoms with E-state index in [-0.39, 0.29) is 11.3 Å². The van der Waals surface area contributed by atoms with E-state index in [1.54, 1.807) is 18.2 Å². The molecule has 1 fully saturated rings. The molecule has 162 valence electrons. The number of anilines is 1. The van der Waals surface area contributed by atoms with Gasteiger partial charge in [-0.25, -0.2) is 8.42 Å². The molecule has 1 aliphatic heterocycles. The van der Waals surface area contributed by atoms with Crippen LogP contribution in [-0.4, -0.2) is 37.6 Å². The molecule has 2 aromatic rings. The van der Waals surface area contributed by atoms with E-state index < -0.39 is 34.1 Å². The number of carbonyl (C=O) groups excluding carboxylic acids is 1. The fraction of sp³-hybridized carbons (Fsp3) is 0.350. The van der Waals surface area contributed by atoms with Crippen molar-refractivity contribution < 1.29 is 31.1 Å². The molecular weight excluding hydrogens is 421 g/mol. The molecule has 0 aliphatic carbocycles. The number of carbonyl (C=O) groups is 1. The summed E-state index contributed by atoms with van der Waals surface area (Å²) in [4.78, 5) is 12.6. The van der Waals surface area contributed by atoms with Crippen LogP contribution in [-0.2, 0) is 14.8 Å². The van der Waals surface area contributed by atoms with Crippen LogP contribution in [0.4, 0.5) is 18.9 Å². The van der Waals surface area contributed by atoms with Gasteiger partial charge in [0.1, 0.15) is 5.75 Å². The summed E-state index contributed by atoms with van der Waals surface area (Å²) < 4.78 is 67.8. The molecule has 0 saturated carbocycles. The van der Waals surface area contributed by atoms with Crippen LogP contribution in [0.25, 0.3) is 0 Å². The zero-order valence-electron chi connectivity index (χ0n) is 15.9. The monoisotopic (exact) mass is 442 g/mol. The lowest BCUT2D eigenvalue weighted by molar-refractivity contribution is -0.274. The van der Waals surface area contributed by atoms with Gasteiger partial charge in [0.2, 0.25) is 15.9 Å². The molecular formula is C20H21F3N2O4S. The van der Waals surface area contributed by atoms with Crippen molar-refractivity contribution in [3.05, 3.63) is 54.6 Å². The van der Waals surface area contributed by atoms with Crippen molar-refractivity contribution >= 4 is 21.6 Å². The lowest BCUT2D eigenvalue weighted by Crippen LogP contribution is -2.45. The van der Waals surface area contributed by atoms with E-state index in [1.165, 1.54) is 28.6 Å². The Hall–Kier alpha value is -2.59. The first-order chi connectivity index (χ1) is 14.1. The van der Waals surface area contributed by atoms with Crippen LogP contribution in [0.5, 0.6) is 5.75 Å². The van der Waals surface area contributed by atoms with E-state index >= 15 is 0 Å². The maximum absolute atomic E-state index is 13.0. The van der Waals surface area contributed by atoms with Gasteiger partial charge in [0.25, 0.3) is 0 Å². The molecule has 0 bridgehead atoms. The van der Waals surface area contributed by atoms with Gasteiger partial charge in [-0.3, -0.25) is 4.79 Å². The van der Waals surface area contributed by atoms with E-state index in [4.69, 9.17) is 0 Å². The Labute approximate surface area is 172 Å². The SMILES string of the molecule is O=C(C[C@@H]1CCCCN1S(=O)(=O)c1ccccc1)Nc1ccc(OC(F)(F)F)cc1. The Morgan fingerprint density at radius 1 is 1.07 bits per heavy atom. The van der Waals surface area contributed by atoms with Crippen molar-refractivity contribution in [1.82, 2.24) is 4.31 Å². The predicted octanol–water partition coefficient (Wildman–Crippen LogP) is 4.16.